The Morgan fingerprint density at radius 1 is 1.57 bits per heavy atom. The molecule has 1 aromatic rings. The number of nitrogens with zero attached hydrogens (tertiary/aromatic N) is 2. The number of ether oxygens (including phenoxy) is 1. The highest BCUT2D eigenvalue weighted by Crippen LogP contribution is 2.19. The molecule has 0 bridgehead atoms. The minimum Gasteiger partial charge on any atom is -0.504 e. The van der Waals surface area contributed by atoms with E-state index in [0.29, 0.717) is 18.0 Å². The second-order valence-electron chi connectivity index (χ2n) is 2.98. The Hall–Kier alpha value is -1.52. The van der Waals surface area contributed by atoms with Gasteiger partial charge in [0, 0.05) is 0 Å². The highest BCUT2D eigenvalue weighted by Gasteiger charge is 2.12. The fraction of sp³-hybridized carbons (Fsp3) is 0.556. The molecule has 0 aliphatic heterocycles. The molecule has 0 atom stereocenters. The number of hydrogen-bond acceptors (Lipinski definition) is 4. The number of rotatable bonds is 3. The molecule has 0 unspecified atom stereocenters. The topological polar surface area (TPSA) is 64.4 Å². The number of aryl methyl sites for hydroxylation is 1. The molecule has 1 heterocycles. The molecule has 78 valence electrons. The Kier molecular flexibility index (Phi) is 3.11. The van der Waals surface area contributed by atoms with Crippen molar-refractivity contribution in [3.8, 4) is 5.75 Å². The van der Waals surface area contributed by atoms with Crippen molar-refractivity contribution in [1.82, 2.24) is 9.78 Å². The number of carbonyl (C=O) groups excluding carboxylic acids is 1. The van der Waals surface area contributed by atoms with Crippen LogP contribution in [0.1, 0.15) is 18.3 Å². The normalized spacial score (nSPS) is 10.2. The van der Waals surface area contributed by atoms with Crippen molar-refractivity contribution < 1.29 is 14.6 Å². The number of esters is 1. The molecule has 0 saturated carbocycles. The highest BCUT2D eigenvalue weighted by atomic mass is 16.5. The van der Waals surface area contributed by atoms with Crippen molar-refractivity contribution in [2.45, 2.75) is 27.3 Å². The summed E-state index contributed by atoms with van der Waals surface area (Å²) in [7, 11) is 0. The Morgan fingerprint density at radius 2 is 2.21 bits per heavy atom. The second kappa shape index (κ2) is 4.13. The van der Waals surface area contributed by atoms with Crippen molar-refractivity contribution in [1.29, 1.82) is 0 Å². The van der Waals surface area contributed by atoms with Crippen molar-refractivity contribution in [2.75, 3.05) is 6.61 Å². The van der Waals surface area contributed by atoms with E-state index in [0.717, 1.165) is 0 Å². The highest BCUT2D eigenvalue weighted by molar-refractivity contribution is 5.69. The summed E-state index contributed by atoms with van der Waals surface area (Å²) < 4.78 is 6.20. The minimum absolute atomic E-state index is 0.0427. The predicted octanol–water partition coefficient (Wildman–Crippen LogP) is 0.769. The van der Waals surface area contributed by atoms with E-state index >= 15 is 0 Å². The van der Waals surface area contributed by atoms with Crippen LogP contribution < -0.4 is 0 Å². The molecular formula is C9H14N2O3. The lowest BCUT2D eigenvalue weighted by Gasteiger charge is -2.03. The van der Waals surface area contributed by atoms with Crippen molar-refractivity contribution in [3.63, 3.8) is 0 Å². The van der Waals surface area contributed by atoms with Crippen molar-refractivity contribution in [2.24, 2.45) is 0 Å². The van der Waals surface area contributed by atoms with Gasteiger partial charge in [0.25, 0.3) is 0 Å². The fourth-order valence-electron chi connectivity index (χ4n) is 1.17. The van der Waals surface area contributed by atoms with E-state index in [1.54, 1.807) is 20.8 Å². The molecule has 0 aliphatic rings. The van der Waals surface area contributed by atoms with Crippen LogP contribution in [0.5, 0.6) is 5.75 Å². The summed E-state index contributed by atoms with van der Waals surface area (Å²) in [5.41, 5.74) is 1.10. The zero-order valence-electron chi connectivity index (χ0n) is 8.57. The Balaban J connectivity index is 2.77. The van der Waals surface area contributed by atoms with E-state index in [4.69, 9.17) is 4.74 Å². The van der Waals surface area contributed by atoms with Gasteiger partial charge in [-0.3, -0.25) is 9.48 Å². The van der Waals surface area contributed by atoms with Crippen LogP contribution in [0.2, 0.25) is 0 Å². The van der Waals surface area contributed by atoms with Crippen LogP contribution in [-0.2, 0) is 16.1 Å². The van der Waals surface area contributed by atoms with E-state index in [1.807, 2.05) is 0 Å². The fourth-order valence-corrected chi connectivity index (χ4v) is 1.17. The maximum Gasteiger partial charge on any atom is 0.327 e. The molecule has 5 heteroatoms. The average molecular weight is 198 g/mol. The predicted molar refractivity (Wildman–Crippen MR) is 50.0 cm³/mol. The third kappa shape index (κ3) is 2.04. The molecule has 0 aliphatic carbocycles. The van der Waals surface area contributed by atoms with Gasteiger partial charge in [-0.1, -0.05) is 0 Å². The maximum atomic E-state index is 11.1. The molecule has 0 fully saturated rings. The molecule has 0 spiro atoms. The minimum atomic E-state index is -0.349. The van der Waals surface area contributed by atoms with E-state index in [9.17, 15) is 9.90 Å². The first-order chi connectivity index (χ1) is 6.56. The molecule has 14 heavy (non-hydrogen) atoms. The first-order valence-electron chi connectivity index (χ1n) is 4.44. The molecule has 0 saturated heterocycles. The average Bonchev–Trinajstić information content (AvgIpc) is 2.34. The third-order valence-corrected chi connectivity index (χ3v) is 1.93. The zero-order valence-corrected chi connectivity index (χ0v) is 8.57. The summed E-state index contributed by atoms with van der Waals surface area (Å²) in [6.07, 6.45) is 0. The number of aromatic hydroxyl groups is 1. The molecular weight excluding hydrogens is 184 g/mol. The molecule has 1 N–H and O–H groups in total. The van der Waals surface area contributed by atoms with Gasteiger partial charge in [0.15, 0.2) is 5.75 Å². The van der Waals surface area contributed by atoms with Crippen LogP contribution in [0.3, 0.4) is 0 Å². The standard InChI is InChI=1S/C9H14N2O3/c1-4-14-8(12)5-11-7(3)9(13)6(2)10-11/h13H,4-5H2,1-3H3. The van der Waals surface area contributed by atoms with Crippen LogP contribution in [0.15, 0.2) is 0 Å². The van der Waals surface area contributed by atoms with Gasteiger partial charge in [-0.15, -0.1) is 0 Å². The smallest absolute Gasteiger partial charge is 0.327 e. The summed E-state index contributed by atoms with van der Waals surface area (Å²) in [6.45, 7) is 5.53. The van der Waals surface area contributed by atoms with Crippen LogP contribution in [0.4, 0.5) is 0 Å². The van der Waals surface area contributed by atoms with Crippen molar-refractivity contribution in [3.05, 3.63) is 11.4 Å². The Morgan fingerprint density at radius 3 is 2.64 bits per heavy atom. The second-order valence-corrected chi connectivity index (χ2v) is 2.98. The summed E-state index contributed by atoms with van der Waals surface area (Å²) in [5, 5.41) is 13.4. The monoisotopic (exact) mass is 198 g/mol. The Bertz CT molecular complexity index is 344. The summed E-state index contributed by atoms with van der Waals surface area (Å²) in [5.74, 6) is -0.215. The molecule has 1 aromatic heterocycles. The van der Waals surface area contributed by atoms with Gasteiger partial charge in [0.1, 0.15) is 12.2 Å². The van der Waals surface area contributed by atoms with Gasteiger partial charge in [-0.25, -0.2) is 0 Å². The lowest BCUT2D eigenvalue weighted by Crippen LogP contribution is -2.15. The van der Waals surface area contributed by atoms with Gasteiger partial charge >= 0.3 is 5.97 Å². The molecule has 0 aromatic carbocycles. The van der Waals surface area contributed by atoms with Crippen LogP contribution in [0, 0.1) is 13.8 Å². The van der Waals surface area contributed by atoms with E-state index < -0.39 is 0 Å². The third-order valence-electron chi connectivity index (χ3n) is 1.93. The number of aromatic nitrogens is 2. The Labute approximate surface area is 82.3 Å². The number of carbonyl (C=O) groups is 1. The summed E-state index contributed by atoms with van der Waals surface area (Å²) in [6, 6.07) is 0. The summed E-state index contributed by atoms with van der Waals surface area (Å²) in [4.78, 5) is 11.1. The maximum absolute atomic E-state index is 11.1. The SMILES string of the molecule is CCOC(=O)Cn1nc(C)c(O)c1C. The lowest BCUT2D eigenvalue weighted by molar-refractivity contribution is -0.144. The first kappa shape index (κ1) is 10.6. The molecule has 1 rings (SSSR count). The van der Waals surface area contributed by atoms with Gasteiger partial charge in [0.05, 0.1) is 12.3 Å². The van der Waals surface area contributed by atoms with Gasteiger partial charge in [-0.05, 0) is 20.8 Å². The van der Waals surface area contributed by atoms with Crippen LogP contribution in [-0.4, -0.2) is 27.5 Å². The lowest BCUT2D eigenvalue weighted by atomic mass is 10.3. The van der Waals surface area contributed by atoms with E-state index in [2.05, 4.69) is 5.10 Å². The quantitative estimate of drug-likeness (QED) is 0.728. The van der Waals surface area contributed by atoms with Crippen LogP contribution in [0.25, 0.3) is 0 Å². The molecule has 0 amide bonds. The first-order valence-corrected chi connectivity index (χ1v) is 4.44. The van der Waals surface area contributed by atoms with Gasteiger partial charge in [0.2, 0.25) is 0 Å². The van der Waals surface area contributed by atoms with E-state index in [1.165, 1.54) is 4.68 Å². The molecule has 0 radical (unpaired) electrons. The zero-order chi connectivity index (χ0) is 10.7. The number of hydrogen-bond donors (Lipinski definition) is 1. The summed E-state index contributed by atoms with van der Waals surface area (Å²) >= 11 is 0. The molecule has 5 nitrogen and oxygen atoms in total. The van der Waals surface area contributed by atoms with E-state index in [-0.39, 0.29) is 18.3 Å². The van der Waals surface area contributed by atoms with Gasteiger partial charge in [-0.2, -0.15) is 5.10 Å². The van der Waals surface area contributed by atoms with Gasteiger partial charge < -0.3 is 9.84 Å². The van der Waals surface area contributed by atoms with Crippen molar-refractivity contribution >= 4 is 5.97 Å². The van der Waals surface area contributed by atoms with Crippen LogP contribution >= 0.6 is 0 Å². The largest absolute Gasteiger partial charge is 0.504 e.